The predicted molar refractivity (Wildman–Crippen MR) is 520 cm³/mol. The minimum absolute atomic E-state index is 0.00398. The molecule has 4 aromatic rings. The molecule has 6 rings (SSSR count). The lowest BCUT2D eigenvalue weighted by atomic mass is 9.80. The van der Waals surface area contributed by atoms with Crippen LogP contribution < -0.4 is 10.6 Å². The van der Waals surface area contributed by atoms with Gasteiger partial charge in [0.05, 0.1) is 104 Å². The maximum Gasteiger partial charge on any atom is 0.306 e. The topological polar surface area (TPSA) is 320 Å². The van der Waals surface area contributed by atoms with Crippen LogP contribution in [-0.2, 0) is 89.3 Å². The standard InChI is InChI=1S/2C41H64N4O6S.C21H39NO5/c2*1-12-27(4)36(44(9)40(49)30(26(2)3)24-34(46)41(6,7)8)33(50-10)25-35(47)45-21-16-19-32(45)37(51-11)28(5)38(48)43-31(39-42-20-22-52-39)23-29-17-14-13-15-18-29;1-10-14(4)19(16(27-9)12-18(24)25)22(8)20(26)15(13(2)3)11-17(23)21(5,6)7/h2*13-15,17-18,20,22,26-28,30-33,36-37H,12,16,19,21,23-25H2,1-11H3,(H,43,48);13-16,19H,10-12H2,1-9H3,(H,24,25)/t2*27-,28+,30-,31-,32-,33+,36-,37+;14-,15-,16+,19-/m000/s1. The number of carbonyl (C=O) groups excluding carboxylic acids is 10. The number of carbonyl (C=O) groups is 11. The van der Waals surface area contributed by atoms with Crippen molar-refractivity contribution in [3.63, 3.8) is 0 Å². The quantitative estimate of drug-likeness (QED) is 0.0370. The van der Waals surface area contributed by atoms with Crippen LogP contribution in [0.15, 0.2) is 83.8 Å². The Labute approximate surface area is 793 Å². The van der Waals surface area contributed by atoms with Gasteiger partial charge >= 0.3 is 5.97 Å². The van der Waals surface area contributed by atoms with E-state index in [1.807, 2.05) is 213 Å². The number of ether oxygens (including phenoxy) is 5. The first-order valence-electron chi connectivity index (χ1n) is 47.7. The Balaban J connectivity index is 0.000000433. The molecule has 26 nitrogen and oxygen atoms in total. The summed E-state index contributed by atoms with van der Waals surface area (Å²) in [5, 5.41) is 21.2. The molecule has 4 heterocycles. The number of hydrogen-bond donors (Lipinski definition) is 3. The SMILES string of the molecule is CC[C@H](C)[C@@H]([C@@H](CC(=O)N1CCC[C@H]1[C@H](OC)[C@@H](C)C(=O)N[C@@H](Cc1ccccc1)c1nccs1)OC)N(C)C(=O)[C@@H](CC(=O)C(C)(C)C)C(C)C.CC[C@H](C)[C@@H]([C@@H](CC(=O)N1CCC[C@H]1[C@H](OC)[C@@H](C)C(=O)N[C@@H](Cc1ccccc1)c1nccs1)OC)N(C)C(=O)[C@@H](CC(=O)C(C)(C)C)C(C)C.CC[C@H](C)[C@@H]([C@@H](CC(=O)O)OC)N(C)C(=O)[C@@H](CC(=O)C(C)(C)C)C(C)C. The molecule has 2 aliphatic rings. The van der Waals surface area contributed by atoms with Crippen LogP contribution in [-0.4, -0.2) is 235 Å². The van der Waals surface area contributed by atoms with Gasteiger partial charge in [-0.05, 0) is 85.2 Å². The fraction of sp³-hybridized carbons (Fsp3) is 0.718. The highest BCUT2D eigenvalue weighted by Gasteiger charge is 2.48. The van der Waals surface area contributed by atoms with Gasteiger partial charge in [0, 0.05) is 146 Å². The fourth-order valence-electron chi connectivity index (χ4n) is 18.2. The third-order valence-electron chi connectivity index (χ3n) is 27.4. The molecule has 2 saturated heterocycles. The predicted octanol–water partition coefficient (Wildman–Crippen LogP) is 17.1. The van der Waals surface area contributed by atoms with Crippen molar-refractivity contribution < 1.29 is 81.5 Å². The molecule has 2 aromatic heterocycles. The number of ketones is 3. The summed E-state index contributed by atoms with van der Waals surface area (Å²) in [4.78, 5) is 165. The number of benzene rings is 2. The molecule has 2 aliphatic heterocycles. The first-order chi connectivity index (χ1) is 61.4. The molecular weight excluding hydrogens is 1700 g/mol. The van der Waals surface area contributed by atoms with E-state index in [2.05, 4.69) is 48.3 Å². The lowest BCUT2D eigenvalue weighted by molar-refractivity contribution is -0.149. The second kappa shape index (κ2) is 54.7. The van der Waals surface area contributed by atoms with E-state index in [4.69, 9.17) is 23.7 Å². The first-order valence-corrected chi connectivity index (χ1v) is 49.5. The average molecular weight is 1870 g/mol. The van der Waals surface area contributed by atoms with Gasteiger partial charge in [-0.2, -0.15) is 0 Å². The molecule has 0 aliphatic carbocycles. The van der Waals surface area contributed by atoms with E-state index in [0.717, 1.165) is 53.2 Å². The number of aromatic nitrogens is 2. The maximum atomic E-state index is 14.2. The summed E-state index contributed by atoms with van der Waals surface area (Å²) in [5.41, 5.74) is 0.611. The Kier molecular flexibility index (Phi) is 48.3. The van der Waals surface area contributed by atoms with Crippen molar-refractivity contribution in [3.8, 4) is 0 Å². The smallest absolute Gasteiger partial charge is 0.306 e. The van der Waals surface area contributed by atoms with Gasteiger partial charge < -0.3 is 63.9 Å². The maximum absolute atomic E-state index is 14.2. The van der Waals surface area contributed by atoms with Crippen LogP contribution in [0.25, 0.3) is 0 Å². The highest BCUT2D eigenvalue weighted by Crippen LogP contribution is 2.38. The summed E-state index contributed by atoms with van der Waals surface area (Å²) < 4.78 is 29.6. The third kappa shape index (κ3) is 33.9. The highest BCUT2D eigenvalue weighted by atomic mass is 32.1. The number of nitrogens with one attached hydrogen (secondary N) is 2. The van der Waals surface area contributed by atoms with Gasteiger partial charge in [0.15, 0.2) is 0 Å². The van der Waals surface area contributed by atoms with E-state index in [1.54, 1.807) is 76.7 Å². The molecule has 3 N–H and O–H groups in total. The lowest BCUT2D eigenvalue weighted by Gasteiger charge is -2.41. The van der Waals surface area contributed by atoms with Gasteiger partial charge in [-0.15, -0.1) is 22.7 Å². The highest BCUT2D eigenvalue weighted by molar-refractivity contribution is 7.09. The first kappa shape index (κ1) is 116. The fourth-order valence-corrected chi connectivity index (χ4v) is 19.5. The lowest BCUT2D eigenvalue weighted by Crippen LogP contribution is -2.54. The molecule has 20 atom stereocenters. The molecule has 0 unspecified atom stereocenters. The number of methoxy groups -OCH3 is 5. The van der Waals surface area contributed by atoms with Crippen molar-refractivity contribution in [2.24, 2.45) is 81.3 Å². The summed E-state index contributed by atoms with van der Waals surface area (Å²) in [7, 11) is 13.1. The Bertz CT molecular complexity index is 3930. The molecule has 28 heteroatoms. The molecule has 0 saturated carbocycles. The molecule has 0 radical (unpaired) electrons. The largest absolute Gasteiger partial charge is 0.481 e. The molecular formula is C103H167N9O17S2. The van der Waals surface area contributed by atoms with Crippen molar-refractivity contribution in [2.75, 3.05) is 69.8 Å². The van der Waals surface area contributed by atoms with Crippen LogP contribution in [0.5, 0.6) is 0 Å². The number of hydrogen-bond acceptors (Lipinski definition) is 20. The Morgan fingerprint density at radius 3 is 0.947 bits per heavy atom. The minimum atomic E-state index is -0.959. The van der Waals surface area contributed by atoms with E-state index in [-0.39, 0.29) is 175 Å². The van der Waals surface area contributed by atoms with Gasteiger partial charge in [-0.1, -0.05) is 239 Å². The molecule has 2 fully saturated rings. The van der Waals surface area contributed by atoms with Crippen molar-refractivity contribution in [3.05, 3.63) is 105 Å². The molecule has 131 heavy (non-hydrogen) atoms. The Morgan fingerprint density at radius 1 is 0.435 bits per heavy atom. The van der Waals surface area contributed by atoms with Gasteiger partial charge in [0.25, 0.3) is 0 Å². The van der Waals surface area contributed by atoms with E-state index < -0.39 is 82.3 Å². The van der Waals surface area contributed by atoms with Gasteiger partial charge in [0.1, 0.15) is 27.4 Å². The molecule has 738 valence electrons. The van der Waals surface area contributed by atoms with Crippen LogP contribution in [0, 0.1) is 81.3 Å². The molecule has 0 spiro atoms. The molecule has 2 aromatic carbocycles. The summed E-state index contributed by atoms with van der Waals surface area (Å²) in [6, 6.07) is 17.7. The number of nitrogens with zero attached hydrogens (tertiary/aromatic N) is 7. The van der Waals surface area contributed by atoms with Crippen molar-refractivity contribution in [1.82, 2.24) is 45.1 Å². The summed E-state index contributed by atoms with van der Waals surface area (Å²) in [6.45, 7) is 45.8. The van der Waals surface area contributed by atoms with Crippen molar-refractivity contribution in [2.45, 2.75) is 328 Å². The Morgan fingerprint density at radius 2 is 0.718 bits per heavy atom. The monoisotopic (exact) mass is 1870 g/mol. The number of aliphatic carboxylic acids is 1. The zero-order valence-electron chi connectivity index (χ0n) is 85.3. The van der Waals surface area contributed by atoms with Crippen molar-refractivity contribution >= 4 is 87.3 Å². The van der Waals surface area contributed by atoms with Crippen LogP contribution in [0.2, 0.25) is 0 Å². The van der Waals surface area contributed by atoms with Gasteiger partial charge in [-0.25, -0.2) is 9.97 Å². The zero-order valence-corrected chi connectivity index (χ0v) is 86.9. The van der Waals surface area contributed by atoms with E-state index in [1.165, 1.54) is 29.8 Å². The number of likely N-dealkylation sites (tertiary alicyclic amines) is 2. The number of thiazole rings is 2. The van der Waals surface area contributed by atoms with Crippen LogP contribution in [0.4, 0.5) is 0 Å². The second-order valence-electron chi connectivity index (χ2n) is 40.8. The third-order valence-corrected chi connectivity index (χ3v) is 29.2. The van der Waals surface area contributed by atoms with Crippen LogP contribution >= 0.6 is 22.7 Å². The summed E-state index contributed by atoms with van der Waals surface area (Å²) >= 11 is 3.02. The number of carboxylic acids is 1. The number of rotatable bonds is 49. The van der Waals surface area contributed by atoms with Crippen LogP contribution in [0.1, 0.15) is 276 Å². The van der Waals surface area contributed by atoms with E-state index in [0.29, 0.717) is 38.8 Å². The number of likely N-dealkylation sites (N-methyl/N-ethyl adjacent to an activating group) is 3. The van der Waals surface area contributed by atoms with Crippen molar-refractivity contribution in [1.29, 1.82) is 0 Å². The van der Waals surface area contributed by atoms with E-state index in [9.17, 15) is 57.8 Å². The number of carboxylic acid groups (broad SMARTS) is 1. The minimum Gasteiger partial charge on any atom is -0.481 e. The zero-order chi connectivity index (χ0) is 99.0. The van der Waals surface area contributed by atoms with Crippen LogP contribution in [0.3, 0.4) is 0 Å². The normalized spacial score (nSPS) is 18.5. The van der Waals surface area contributed by atoms with Gasteiger partial charge in [-0.3, -0.25) is 52.7 Å². The Hall–Kier alpha value is -7.73. The van der Waals surface area contributed by atoms with Gasteiger partial charge in [0.2, 0.25) is 41.4 Å². The average Bonchev–Trinajstić information content (AvgIpc) is 1.43. The number of amides is 7. The summed E-state index contributed by atoms with van der Waals surface area (Å²) in [5.74, 6) is -4.03. The second-order valence-corrected chi connectivity index (χ2v) is 42.7. The van der Waals surface area contributed by atoms with E-state index >= 15 is 0 Å². The molecule has 0 bridgehead atoms. The number of Topliss-reactive ketones (excluding diaryl/α,β-unsaturated/α-hetero) is 3. The summed E-state index contributed by atoms with van der Waals surface area (Å²) in [6.07, 6.45) is 7.80. The molecule has 7 amide bonds.